The van der Waals surface area contributed by atoms with Gasteiger partial charge in [-0.1, -0.05) is 0 Å². The van der Waals surface area contributed by atoms with Gasteiger partial charge < -0.3 is 10.6 Å². The van der Waals surface area contributed by atoms with Crippen molar-refractivity contribution in [3.63, 3.8) is 0 Å². The van der Waals surface area contributed by atoms with Crippen LogP contribution in [0.3, 0.4) is 0 Å². The smallest absolute Gasteiger partial charge is 0.255 e. The van der Waals surface area contributed by atoms with Gasteiger partial charge in [0.2, 0.25) is 10.0 Å². The molecule has 8 heteroatoms. The predicted octanol–water partition coefficient (Wildman–Crippen LogP) is 1.19. The number of amides is 1. The van der Waals surface area contributed by atoms with E-state index in [9.17, 15) is 13.2 Å². The SMILES string of the molecule is CS(=O)(=O)NC1CCCN(C(=O)c2cc(N)ccc2Br)C1. The maximum absolute atomic E-state index is 12.5. The van der Waals surface area contributed by atoms with Crippen LogP contribution in [-0.4, -0.2) is 44.6 Å². The Kier molecular flexibility index (Phi) is 4.90. The number of hydrogen-bond donors (Lipinski definition) is 2. The fourth-order valence-corrected chi connectivity index (χ4v) is 3.65. The van der Waals surface area contributed by atoms with Crippen LogP contribution in [0.25, 0.3) is 0 Å². The van der Waals surface area contributed by atoms with Crippen LogP contribution < -0.4 is 10.5 Å². The molecule has 0 saturated carbocycles. The number of benzene rings is 1. The molecule has 1 atom stereocenters. The minimum Gasteiger partial charge on any atom is -0.399 e. The Balaban J connectivity index is 2.14. The summed E-state index contributed by atoms with van der Waals surface area (Å²) in [6.45, 7) is 0.981. The number of nitrogen functional groups attached to an aromatic ring is 1. The Labute approximate surface area is 132 Å². The summed E-state index contributed by atoms with van der Waals surface area (Å²) in [5, 5.41) is 0. The lowest BCUT2D eigenvalue weighted by molar-refractivity contribution is 0.0702. The van der Waals surface area contributed by atoms with Crippen molar-refractivity contribution in [2.45, 2.75) is 18.9 Å². The van der Waals surface area contributed by atoms with Gasteiger partial charge in [0, 0.05) is 29.3 Å². The van der Waals surface area contributed by atoms with E-state index in [0.29, 0.717) is 28.8 Å². The first-order valence-corrected chi connectivity index (χ1v) is 9.26. The quantitative estimate of drug-likeness (QED) is 0.775. The molecule has 0 radical (unpaired) electrons. The van der Waals surface area contributed by atoms with E-state index in [2.05, 4.69) is 20.7 Å². The molecule has 0 aliphatic carbocycles. The number of halogens is 1. The van der Waals surface area contributed by atoms with Crippen LogP contribution in [0.4, 0.5) is 5.69 Å². The fourth-order valence-electron chi connectivity index (χ4n) is 2.44. The van der Waals surface area contributed by atoms with Gasteiger partial charge in [0.05, 0.1) is 11.8 Å². The summed E-state index contributed by atoms with van der Waals surface area (Å²) < 4.78 is 25.9. The van der Waals surface area contributed by atoms with Crippen LogP contribution in [0.1, 0.15) is 23.2 Å². The number of anilines is 1. The Hall–Kier alpha value is -1.12. The number of sulfonamides is 1. The first-order chi connectivity index (χ1) is 9.76. The summed E-state index contributed by atoms with van der Waals surface area (Å²) in [5.74, 6) is -0.144. The zero-order valence-electron chi connectivity index (χ0n) is 11.7. The summed E-state index contributed by atoms with van der Waals surface area (Å²) in [7, 11) is -3.27. The molecule has 1 aromatic rings. The predicted molar refractivity (Wildman–Crippen MR) is 85.5 cm³/mol. The topological polar surface area (TPSA) is 92.5 Å². The van der Waals surface area contributed by atoms with Crippen LogP contribution in [0.5, 0.6) is 0 Å². The van der Waals surface area contributed by atoms with Crippen molar-refractivity contribution in [2.75, 3.05) is 25.1 Å². The molecule has 1 fully saturated rings. The highest BCUT2D eigenvalue weighted by molar-refractivity contribution is 9.10. The number of nitrogens with zero attached hydrogens (tertiary/aromatic N) is 1. The first-order valence-electron chi connectivity index (χ1n) is 6.58. The van der Waals surface area contributed by atoms with Crippen LogP contribution >= 0.6 is 15.9 Å². The van der Waals surface area contributed by atoms with Crippen molar-refractivity contribution in [2.24, 2.45) is 0 Å². The monoisotopic (exact) mass is 375 g/mol. The van der Waals surface area contributed by atoms with E-state index in [1.807, 2.05) is 0 Å². The van der Waals surface area contributed by atoms with Crippen molar-refractivity contribution in [3.8, 4) is 0 Å². The van der Waals surface area contributed by atoms with Gasteiger partial charge in [-0.25, -0.2) is 13.1 Å². The maximum Gasteiger partial charge on any atom is 0.255 e. The largest absolute Gasteiger partial charge is 0.399 e. The summed E-state index contributed by atoms with van der Waals surface area (Å²) in [6.07, 6.45) is 2.62. The van der Waals surface area contributed by atoms with E-state index >= 15 is 0 Å². The standard InChI is InChI=1S/C13H18BrN3O3S/c1-21(19,20)16-10-3-2-6-17(8-10)13(18)11-7-9(15)4-5-12(11)14/h4-5,7,10,16H,2-3,6,8,15H2,1H3. The molecule has 1 aromatic carbocycles. The number of rotatable bonds is 3. The summed E-state index contributed by atoms with van der Waals surface area (Å²) in [5.41, 5.74) is 6.74. The number of hydrogen-bond acceptors (Lipinski definition) is 4. The highest BCUT2D eigenvalue weighted by atomic mass is 79.9. The third kappa shape index (κ3) is 4.42. The van der Waals surface area contributed by atoms with E-state index in [-0.39, 0.29) is 11.9 Å². The minimum atomic E-state index is -3.27. The summed E-state index contributed by atoms with van der Waals surface area (Å²) in [6, 6.07) is 4.83. The molecule has 0 bridgehead atoms. The molecule has 2 rings (SSSR count). The molecule has 0 aromatic heterocycles. The van der Waals surface area contributed by atoms with Crippen LogP contribution in [0.2, 0.25) is 0 Å². The highest BCUT2D eigenvalue weighted by Crippen LogP contribution is 2.23. The molecule has 6 nitrogen and oxygen atoms in total. The number of nitrogens with one attached hydrogen (secondary N) is 1. The van der Waals surface area contributed by atoms with Gasteiger partial charge in [-0.15, -0.1) is 0 Å². The zero-order chi connectivity index (χ0) is 15.6. The number of carbonyl (C=O) groups excluding carboxylic acids is 1. The molecule has 3 N–H and O–H groups in total. The van der Waals surface area contributed by atoms with Gasteiger partial charge in [-0.3, -0.25) is 4.79 Å². The summed E-state index contributed by atoms with van der Waals surface area (Å²) >= 11 is 3.35. The molecule has 1 aliphatic rings. The molecule has 116 valence electrons. The lowest BCUT2D eigenvalue weighted by Crippen LogP contribution is -2.49. The zero-order valence-corrected chi connectivity index (χ0v) is 14.1. The Morgan fingerprint density at radius 2 is 2.19 bits per heavy atom. The molecule has 1 amide bonds. The normalized spacial score (nSPS) is 19.5. The lowest BCUT2D eigenvalue weighted by Gasteiger charge is -2.33. The molecule has 1 heterocycles. The van der Waals surface area contributed by atoms with Gasteiger partial charge in [0.25, 0.3) is 5.91 Å². The van der Waals surface area contributed by atoms with E-state index in [1.165, 1.54) is 0 Å². The van der Waals surface area contributed by atoms with Gasteiger partial charge >= 0.3 is 0 Å². The van der Waals surface area contributed by atoms with E-state index < -0.39 is 10.0 Å². The van der Waals surface area contributed by atoms with Gasteiger partial charge in [-0.2, -0.15) is 0 Å². The van der Waals surface area contributed by atoms with Crippen LogP contribution in [-0.2, 0) is 10.0 Å². The average molecular weight is 376 g/mol. The number of piperidine rings is 1. The number of likely N-dealkylation sites (tertiary alicyclic amines) is 1. The van der Waals surface area contributed by atoms with Crippen LogP contribution in [0.15, 0.2) is 22.7 Å². The molecular weight excluding hydrogens is 358 g/mol. The van der Waals surface area contributed by atoms with Crippen LogP contribution in [0, 0.1) is 0 Å². The van der Waals surface area contributed by atoms with E-state index in [0.717, 1.165) is 19.1 Å². The molecule has 1 saturated heterocycles. The Morgan fingerprint density at radius 1 is 1.48 bits per heavy atom. The molecule has 1 aliphatic heterocycles. The second-order valence-electron chi connectivity index (χ2n) is 5.22. The third-order valence-electron chi connectivity index (χ3n) is 3.31. The number of carbonyl (C=O) groups is 1. The van der Waals surface area contributed by atoms with E-state index in [1.54, 1.807) is 23.1 Å². The average Bonchev–Trinajstić information content (AvgIpc) is 2.39. The second-order valence-corrected chi connectivity index (χ2v) is 7.85. The van der Waals surface area contributed by atoms with E-state index in [4.69, 9.17) is 5.73 Å². The van der Waals surface area contributed by atoms with Crippen molar-refractivity contribution < 1.29 is 13.2 Å². The molecule has 1 unspecified atom stereocenters. The number of nitrogens with two attached hydrogens (primary N) is 1. The van der Waals surface area contributed by atoms with Gasteiger partial charge in [0.1, 0.15) is 0 Å². The molecular formula is C13H18BrN3O3S. The van der Waals surface area contributed by atoms with Crippen molar-refractivity contribution in [1.29, 1.82) is 0 Å². The molecule has 21 heavy (non-hydrogen) atoms. The van der Waals surface area contributed by atoms with Gasteiger partial charge in [0.15, 0.2) is 0 Å². The third-order valence-corrected chi connectivity index (χ3v) is 4.76. The van der Waals surface area contributed by atoms with Gasteiger partial charge in [-0.05, 0) is 47.0 Å². The fraction of sp³-hybridized carbons (Fsp3) is 0.462. The lowest BCUT2D eigenvalue weighted by atomic mass is 10.1. The highest BCUT2D eigenvalue weighted by Gasteiger charge is 2.27. The Bertz CT molecular complexity index is 648. The van der Waals surface area contributed by atoms with Crippen molar-refractivity contribution in [1.82, 2.24) is 9.62 Å². The minimum absolute atomic E-state index is 0.144. The van der Waals surface area contributed by atoms with Crippen molar-refractivity contribution in [3.05, 3.63) is 28.2 Å². The second kappa shape index (κ2) is 6.33. The Morgan fingerprint density at radius 3 is 2.86 bits per heavy atom. The van der Waals surface area contributed by atoms with Crippen molar-refractivity contribution >= 4 is 37.5 Å². The molecule has 0 spiro atoms. The maximum atomic E-state index is 12.5. The first kappa shape index (κ1) is 16.3. The summed E-state index contributed by atoms with van der Waals surface area (Å²) in [4.78, 5) is 14.2.